The van der Waals surface area contributed by atoms with E-state index < -0.39 is 0 Å². The largest absolute Gasteiger partial charge is 0.399 e. The van der Waals surface area contributed by atoms with Crippen molar-refractivity contribution >= 4 is 28.9 Å². The van der Waals surface area contributed by atoms with E-state index in [1.54, 1.807) is 17.0 Å². The zero-order valence-corrected chi connectivity index (χ0v) is 11.2. The lowest BCUT2D eigenvalue weighted by Gasteiger charge is -2.18. The second kappa shape index (κ2) is 4.28. The van der Waals surface area contributed by atoms with Crippen molar-refractivity contribution in [1.29, 1.82) is 0 Å². The molecule has 0 spiro atoms. The van der Waals surface area contributed by atoms with Gasteiger partial charge >= 0.3 is 0 Å². The fourth-order valence-electron chi connectivity index (χ4n) is 2.43. The number of nitrogens with zero attached hydrogens (tertiary/aromatic N) is 1. The number of nitrogens with two attached hydrogens (primary N) is 1. The molecule has 2 aromatic rings. The number of halogens is 1. The molecule has 3 nitrogen and oxygen atoms in total. The number of carbonyl (C=O) groups is 1. The molecule has 0 saturated carbocycles. The Bertz CT molecular complexity index is 682. The smallest absolute Gasteiger partial charge is 0.259 e. The lowest BCUT2D eigenvalue weighted by atomic mass is 10.1. The molecule has 1 amide bonds. The van der Waals surface area contributed by atoms with Gasteiger partial charge in [0.15, 0.2) is 0 Å². The molecule has 0 unspecified atom stereocenters. The number of hydrogen-bond donors (Lipinski definition) is 1. The molecule has 0 aliphatic carbocycles. The molecule has 0 aromatic heterocycles. The summed E-state index contributed by atoms with van der Waals surface area (Å²) in [5.41, 5.74) is 9.93. The fourth-order valence-corrected chi connectivity index (χ4v) is 2.66. The van der Waals surface area contributed by atoms with E-state index in [1.165, 1.54) is 0 Å². The summed E-state index contributed by atoms with van der Waals surface area (Å²) in [7, 11) is 0. The Labute approximate surface area is 116 Å². The van der Waals surface area contributed by atoms with Crippen LogP contribution >= 0.6 is 11.6 Å². The van der Waals surface area contributed by atoms with Crippen molar-refractivity contribution in [1.82, 2.24) is 0 Å². The number of hydrogen-bond acceptors (Lipinski definition) is 2. The summed E-state index contributed by atoms with van der Waals surface area (Å²) in [6.07, 6.45) is 0. The van der Waals surface area contributed by atoms with Crippen molar-refractivity contribution in [3.63, 3.8) is 0 Å². The lowest BCUT2D eigenvalue weighted by Crippen LogP contribution is -2.23. The first kappa shape index (κ1) is 12.1. The maximum Gasteiger partial charge on any atom is 0.259 e. The van der Waals surface area contributed by atoms with Gasteiger partial charge in [0, 0.05) is 22.0 Å². The van der Waals surface area contributed by atoms with Gasteiger partial charge in [0.1, 0.15) is 0 Å². The monoisotopic (exact) mass is 272 g/mol. The summed E-state index contributed by atoms with van der Waals surface area (Å²) in [6.45, 7) is 2.53. The Hall–Kier alpha value is -2.00. The topological polar surface area (TPSA) is 46.3 Å². The number of benzene rings is 2. The standard InChI is InChI=1S/C15H13ClN2O/c1-9-6-11(16)3-5-14(9)18-8-10-2-4-12(17)7-13(10)15(18)19/h2-7H,8,17H2,1H3. The number of aryl methyl sites for hydroxylation is 1. The summed E-state index contributed by atoms with van der Waals surface area (Å²) in [6, 6.07) is 11.0. The highest BCUT2D eigenvalue weighted by molar-refractivity contribution is 6.30. The van der Waals surface area contributed by atoms with Crippen molar-refractivity contribution in [2.45, 2.75) is 13.5 Å². The van der Waals surface area contributed by atoms with E-state index in [2.05, 4.69) is 0 Å². The van der Waals surface area contributed by atoms with Crippen LogP contribution in [0.25, 0.3) is 0 Å². The van der Waals surface area contributed by atoms with Crippen LogP contribution < -0.4 is 10.6 Å². The van der Waals surface area contributed by atoms with Crippen molar-refractivity contribution in [2.75, 3.05) is 10.6 Å². The van der Waals surface area contributed by atoms with Crippen LogP contribution in [0.1, 0.15) is 21.5 Å². The quantitative estimate of drug-likeness (QED) is 0.809. The van der Waals surface area contributed by atoms with Crippen LogP contribution in [0.3, 0.4) is 0 Å². The van der Waals surface area contributed by atoms with Gasteiger partial charge < -0.3 is 10.6 Å². The number of carbonyl (C=O) groups excluding carboxylic acids is 1. The van der Waals surface area contributed by atoms with Gasteiger partial charge in [0.05, 0.1) is 6.54 Å². The van der Waals surface area contributed by atoms with Crippen LogP contribution in [0, 0.1) is 6.92 Å². The molecule has 19 heavy (non-hydrogen) atoms. The molecule has 1 aliphatic rings. The second-order valence-corrected chi connectivity index (χ2v) is 5.18. The molecule has 0 bridgehead atoms. The molecule has 0 saturated heterocycles. The van der Waals surface area contributed by atoms with Crippen molar-refractivity contribution in [3.8, 4) is 0 Å². The molecule has 1 heterocycles. The average Bonchev–Trinajstić information content (AvgIpc) is 2.67. The number of anilines is 2. The SMILES string of the molecule is Cc1cc(Cl)ccc1N1Cc2ccc(N)cc2C1=O. The molecule has 2 aromatic carbocycles. The maximum absolute atomic E-state index is 12.4. The van der Waals surface area contributed by atoms with E-state index in [4.69, 9.17) is 17.3 Å². The third-order valence-corrected chi connectivity index (χ3v) is 3.62. The van der Waals surface area contributed by atoms with Gasteiger partial charge in [-0.25, -0.2) is 0 Å². The first-order valence-corrected chi connectivity index (χ1v) is 6.40. The van der Waals surface area contributed by atoms with Gasteiger partial charge in [-0.05, 0) is 48.4 Å². The van der Waals surface area contributed by atoms with E-state index >= 15 is 0 Å². The van der Waals surface area contributed by atoms with Gasteiger partial charge in [0.25, 0.3) is 5.91 Å². The van der Waals surface area contributed by atoms with Crippen molar-refractivity contribution in [3.05, 3.63) is 58.1 Å². The molecular weight excluding hydrogens is 260 g/mol. The van der Waals surface area contributed by atoms with E-state index in [-0.39, 0.29) is 5.91 Å². The van der Waals surface area contributed by atoms with Gasteiger partial charge in [-0.1, -0.05) is 17.7 Å². The van der Waals surface area contributed by atoms with E-state index in [0.717, 1.165) is 16.8 Å². The summed E-state index contributed by atoms with van der Waals surface area (Å²) in [4.78, 5) is 14.2. The highest BCUT2D eigenvalue weighted by Crippen LogP contribution is 2.32. The number of fused-ring (bicyclic) bond motifs is 1. The van der Waals surface area contributed by atoms with Gasteiger partial charge in [-0.3, -0.25) is 4.79 Å². The third-order valence-electron chi connectivity index (χ3n) is 3.39. The van der Waals surface area contributed by atoms with Crippen LogP contribution in [0.2, 0.25) is 5.02 Å². The molecule has 1 aliphatic heterocycles. The molecule has 0 fully saturated rings. The minimum Gasteiger partial charge on any atom is -0.399 e. The zero-order valence-electron chi connectivity index (χ0n) is 10.5. The van der Waals surface area contributed by atoms with Crippen LogP contribution in [-0.4, -0.2) is 5.91 Å². The number of amides is 1. The molecular formula is C15H13ClN2O. The predicted octanol–water partition coefficient (Wildman–Crippen LogP) is 3.39. The van der Waals surface area contributed by atoms with E-state index in [0.29, 0.717) is 22.8 Å². The normalized spacial score (nSPS) is 13.8. The van der Waals surface area contributed by atoms with Crippen molar-refractivity contribution < 1.29 is 4.79 Å². The van der Waals surface area contributed by atoms with E-state index in [9.17, 15) is 4.79 Å². The molecule has 3 rings (SSSR count). The molecule has 0 radical (unpaired) electrons. The van der Waals surface area contributed by atoms with Crippen LogP contribution in [-0.2, 0) is 6.54 Å². The Kier molecular flexibility index (Phi) is 2.72. The Morgan fingerprint density at radius 3 is 2.74 bits per heavy atom. The first-order chi connectivity index (χ1) is 9.06. The molecule has 0 atom stereocenters. The summed E-state index contributed by atoms with van der Waals surface area (Å²) in [5.74, 6) is -0.00674. The predicted molar refractivity (Wildman–Crippen MR) is 77.6 cm³/mol. The summed E-state index contributed by atoms with van der Waals surface area (Å²) in [5, 5.41) is 0.676. The van der Waals surface area contributed by atoms with Gasteiger partial charge in [0.2, 0.25) is 0 Å². The second-order valence-electron chi connectivity index (χ2n) is 4.74. The summed E-state index contributed by atoms with van der Waals surface area (Å²) >= 11 is 5.95. The molecule has 96 valence electrons. The van der Waals surface area contributed by atoms with E-state index in [1.807, 2.05) is 31.2 Å². The Balaban J connectivity index is 2.04. The first-order valence-electron chi connectivity index (χ1n) is 6.02. The fraction of sp³-hybridized carbons (Fsp3) is 0.133. The highest BCUT2D eigenvalue weighted by Gasteiger charge is 2.29. The van der Waals surface area contributed by atoms with Gasteiger partial charge in [-0.2, -0.15) is 0 Å². The molecule has 2 N–H and O–H groups in total. The Morgan fingerprint density at radius 2 is 2.00 bits per heavy atom. The van der Waals surface area contributed by atoms with Gasteiger partial charge in [-0.15, -0.1) is 0 Å². The lowest BCUT2D eigenvalue weighted by molar-refractivity contribution is 0.0996. The zero-order chi connectivity index (χ0) is 13.6. The maximum atomic E-state index is 12.4. The number of rotatable bonds is 1. The average molecular weight is 273 g/mol. The van der Waals surface area contributed by atoms with Crippen LogP contribution in [0.5, 0.6) is 0 Å². The minimum absolute atomic E-state index is 0.00674. The van der Waals surface area contributed by atoms with Crippen LogP contribution in [0.15, 0.2) is 36.4 Å². The third kappa shape index (κ3) is 1.96. The van der Waals surface area contributed by atoms with Crippen LogP contribution in [0.4, 0.5) is 11.4 Å². The van der Waals surface area contributed by atoms with Crippen molar-refractivity contribution in [2.24, 2.45) is 0 Å². The molecule has 4 heteroatoms. The Morgan fingerprint density at radius 1 is 1.21 bits per heavy atom. The number of nitrogen functional groups attached to an aromatic ring is 1. The summed E-state index contributed by atoms with van der Waals surface area (Å²) < 4.78 is 0. The minimum atomic E-state index is -0.00674. The highest BCUT2D eigenvalue weighted by atomic mass is 35.5.